The van der Waals surface area contributed by atoms with Gasteiger partial charge in [-0.3, -0.25) is 0 Å². The van der Waals surface area contributed by atoms with Crippen LogP contribution in [0.5, 0.6) is 0 Å². The van der Waals surface area contributed by atoms with Crippen molar-refractivity contribution in [3.63, 3.8) is 0 Å². The Labute approximate surface area is 284 Å². The lowest BCUT2D eigenvalue weighted by Gasteiger charge is -2.56. The molecule has 5 saturated carbocycles. The Hall–Kier alpha value is -0.480. The van der Waals surface area contributed by atoms with Gasteiger partial charge in [-0.25, -0.2) is 0 Å². The molecule has 280 valence electrons. The van der Waals surface area contributed by atoms with Crippen LogP contribution in [0.25, 0.3) is 0 Å². The van der Waals surface area contributed by atoms with Crippen LogP contribution in [0.4, 0.5) is 0 Å². The molecule has 5 rings (SSSR count). The molecule has 0 spiro atoms. The number of rotatable bonds is 4. The van der Waals surface area contributed by atoms with Crippen molar-refractivity contribution in [2.24, 2.45) is 71.0 Å². The first-order valence-corrected chi connectivity index (χ1v) is 18.8. The average Bonchev–Trinajstić information content (AvgIpc) is 3.07. The Kier molecular flexibility index (Phi) is 12.3. The molecule has 0 aromatic carbocycles. The average molecular weight is 689 g/mol. The van der Waals surface area contributed by atoms with Crippen molar-refractivity contribution in [2.45, 2.75) is 152 Å². The molecule has 5 aliphatic rings. The van der Waals surface area contributed by atoms with Crippen molar-refractivity contribution < 1.29 is 61.3 Å². The minimum atomic E-state index is -1.52. The summed E-state index contributed by atoms with van der Waals surface area (Å²) in [5.41, 5.74) is 0. The minimum Gasteiger partial charge on any atom is -0.390 e. The van der Waals surface area contributed by atoms with Gasteiger partial charge in [-0.2, -0.15) is 0 Å². The zero-order chi connectivity index (χ0) is 35.5. The van der Waals surface area contributed by atoms with Gasteiger partial charge in [0.15, 0.2) is 0 Å². The van der Waals surface area contributed by atoms with E-state index >= 15 is 0 Å². The molecule has 0 aliphatic heterocycles. The molecule has 0 heterocycles. The highest BCUT2D eigenvalue weighted by atomic mass is 16.4. The van der Waals surface area contributed by atoms with Gasteiger partial charge < -0.3 is 61.3 Å². The van der Waals surface area contributed by atoms with Gasteiger partial charge in [-0.15, -0.1) is 0 Å². The van der Waals surface area contributed by atoms with E-state index in [0.717, 1.165) is 0 Å². The van der Waals surface area contributed by atoms with Crippen LogP contribution in [0, 0.1) is 71.0 Å². The van der Waals surface area contributed by atoms with Crippen LogP contribution in [-0.2, 0) is 0 Å². The van der Waals surface area contributed by atoms with Gasteiger partial charge in [0.25, 0.3) is 0 Å². The van der Waals surface area contributed by atoms with Crippen molar-refractivity contribution in [3.8, 4) is 0 Å². The van der Waals surface area contributed by atoms with Crippen LogP contribution in [0.2, 0.25) is 0 Å². The molecule has 0 saturated heterocycles. The predicted octanol–water partition coefficient (Wildman–Crippen LogP) is -1.02. The molecule has 0 aromatic heterocycles. The minimum absolute atomic E-state index is 0.249. The van der Waals surface area contributed by atoms with E-state index < -0.39 is 144 Å². The maximum absolute atomic E-state index is 11.5. The molecule has 16 atom stereocenters. The van der Waals surface area contributed by atoms with Crippen LogP contribution in [0.3, 0.4) is 0 Å². The summed E-state index contributed by atoms with van der Waals surface area (Å²) < 4.78 is 0. The van der Waals surface area contributed by atoms with Gasteiger partial charge in [0.2, 0.25) is 0 Å². The van der Waals surface area contributed by atoms with Gasteiger partial charge >= 0.3 is 0 Å². The molecule has 5 aliphatic carbocycles. The zero-order valence-corrected chi connectivity index (χ0v) is 28.9. The maximum atomic E-state index is 11.5. The first kappa shape index (κ1) is 38.7. The SMILES string of the molecule is CCC1C2CC(C(O)C(O)C2O)C(CC)C2CC(C(O)C(O)C2O)C(CC)C2CC(C(O)C(O)C2O)C(CC)C2CC1C(O)C(O)C2O. The first-order chi connectivity index (χ1) is 22.7. The number of aliphatic hydroxyl groups excluding tert-OH is 12. The molecule has 0 amide bonds. The molecule has 12 N–H and O–H groups in total. The summed E-state index contributed by atoms with van der Waals surface area (Å²) in [7, 11) is 0. The molecule has 16 unspecified atom stereocenters. The fourth-order valence-corrected chi connectivity index (χ4v) is 12.3. The smallest absolute Gasteiger partial charge is 0.106 e. The Morgan fingerprint density at radius 3 is 0.479 bits per heavy atom. The largest absolute Gasteiger partial charge is 0.390 e. The van der Waals surface area contributed by atoms with E-state index in [-0.39, 0.29) is 25.7 Å². The van der Waals surface area contributed by atoms with E-state index in [1.807, 2.05) is 27.7 Å². The Balaban J connectivity index is 1.69. The van der Waals surface area contributed by atoms with Crippen LogP contribution in [-0.4, -0.2) is 135 Å². The fraction of sp³-hybridized carbons (Fsp3) is 1.00. The Bertz CT molecular complexity index is 826. The van der Waals surface area contributed by atoms with Crippen LogP contribution in [0.1, 0.15) is 79.1 Å². The van der Waals surface area contributed by atoms with Crippen molar-refractivity contribution >= 4 is 0 Å². The van der Waals surface area contributed by atoms with Gasteiger partial charge in [0.1, 0.15) is 24.4 Å². The van der Waals surface area contributed by atoms with Crippen molar-refractivity contribution in [3.05, 3.63) is 0 Å². The summed E-state index contributed by atoms with van der Waals surface area (Å²) in [5, 5.41) is 137. The van der Waals surface area contributed by atoms with E-state index in [2.05, 4.69) is 0 Å². The lowest BCUT2D eigenvalue weighted by atomic mass is 9.53. The molecule has 48 heavy (non-hydrogen) atoms. The summed E-state index contributed by atoms with van der Waals surface area (Å²) in [4.78, 5) is 0. The third kappa shape index (κ3) is 6.32. The van der Waals surface area contributed by atoms with E-state index in [1.54, 1.807) is 0 Å². The monoisotopic (exact) mass is 688 g/mol. The standard InChI is InChI=1S/C36H64O12/c1-5-13-17-9-19(27(39)33(45)25(17)37)14(6-2)21-11-23(31(43)35(47)29(21)41)16(8-4)24-12-22(30(42)36(48)32(24)44)15(7-3)20-10-18(13)26(38)34(46)28(20)40/h13-48H,5-12H2,1-4H3. The molecular formula is C36H64O12. The highest BCUT2D eigenvalue weighted by molar-refractivity contribution is 5.08. The van der Waals surface area contributed by atoms with E-state index in [4.69, 9.17) is 0 Å². The molecule has 5 fully saturated rings. The fourth-order valence-electron chi connectivity index (χ4n) is 12.3. The van der Waals surface area contributed by atoms with Crippen LogP contribution < -0.4 is 0 Å². The van der Waals surface area contributed by atoms with Crippen LogP contribution in [0.15, 0.2) is 0 Å². The van der Waals surface area contributed by atoms with Gasteiger partial charge in [-0.1, -0.05) is 53.4 Å². The van der Waals surface area contributed by atoms with E-state index in [1.165, 1.54) is 0 Å². The highest BCUT2D eigenvalue weighted by Gasteiger charge is 2.59. The normalized spacial score (nSPS) is 58.0. The third-order valence-corrected chi connectivity index (χ3v) is 14.8. The third-order valence-electron chi connectivity index (χ3n) is 14.8. The summed E-state index contributed by atoms with van der Waals surface area (Å²) in [6.45, 7) is 7.62. The Morgan fingerprint density at radius 2 is 0.375 bits per heavy atom. The summed E-state index contributed by atoms with van der Waals surface area (Å²) in [5.74, 6) is -6.65. The zero-order valence-electron chi connectivity index (χ0n) is 28.9. The molecule has 12 nitrogen and oxygen atoms in total. The van der Waals surface area contributed by atoms with E-state index in [9.17, 15) is 61.3 Å². The van der Waals surface area contributed by atoms with Crippen LogP contribution >= 0.6 is 0 Å². The highest BCUT2D eigenvalue weighted by Crippen LogP contribution is 2.54. The van der Waals surface area contributed by atoms with Crippen molar-refractivity contribution in [1.82, 2.24) is 0 Å². The lowest BCUT2D eigenvalue weighted by molar-refractivity contribution is -0.216. The molecule has 8 bridgehead atoms. The Morgan fingerprint density at radius 1 is 0.250 bits per heavy atom. The molecule has 12 heteroatoms. The maximum Gasteiger partial charge on any atom is 0.106 e. The van der Waals surface area contributed by atoms with E-state index in [0.29, 0.717) is 25.7 Å². The second-order valence-corrected chi connectivity index (χ2v) is 16.4. The molecule has 0 radical (unpaired) electrons. The second-order valence-electron chi connectivity index (χ2n) is 16.4. The van der Waals surface area contributed by atoms with Gasteiger partial charge in [-0.05, 0) is 96.7 Å². The predicted molar refractivity (Wildman–Crippen MR) is 174 cm³/mol. The first-order valence-electron chi connectivity index (χ1n) is 18.8. The summed E-state index contributed by atoms with van der Waals surface area (Å²) >= 11 is 0. The molecule has 0 aromatic rings. The second kappa shape index (κ2) is 15.2. The number of hydrogen-bond acceptors (Lipinski definition) is 12. The van der Waals surface area contributed by atoms with Crippen molar-refractivity contribution in [2.75, 3.05) is 0 Å². The van der Waals surface area contributed by atoms with Gasteiger partial charge in [0.05, 0.1) is 48.8 Å². The van der Waals surface area contributed by atoms with Gasteiger partial charge in [0, 0.05) is 0 Å². The summed E-state index contributed by atoms with van der Waals surface area (Å²) in [6, 6.07) is 0. The number of hydrogen-bond donors (Lipinski definition) is 12. The number of fused-ring (bicyclic) bond motifs is 8. The summed E-state index contributed by atoms with van der Waals surface area (Å²) in [6.07, 6.45) is -14.0. The number of aliphatic hydroxyl groups is 12. The lowest BCUT2D eigenvalue weighted by Crippen LogP contribution is -2.63. The van der Waals surface area contributed by atoms with Crippen molar-refractivity contribution in [1.29, 1.82) is 0 Å². The topological polar surface area (TPSA) is 243 Å². The quantitative estimate of drug-likeness (QED) is 0.170. The molecular weight excluding hydrogens is 624 g/mol.